The van der Waals surface area contributed by atoms with Gasteiger partial charge in [-0.25, -0.2) is 4.39 Å². The van der Waals surface area contributed by atoms with Gasteiger partial charge in [0.15, 0.2) is 0 Å². The molecule has 1 heterocycles. The van der Waals surface area contributed by atoms with E-state index in [1.165, 1.54) is 0 Å². The lowest BCUT2D eigenvalue weighted by Crippen LogP contribution is -2.40. The maximum atomic E-state index is 13.9. The Kier molecular flexibility index (Phi) is 6.17. The number of ether oxygens (including phenoxy) is 1. The van der Waals surface area contributed by atoms with Crippen LogP contribution in [0.15, 0.2) is 18.2 Å². The summed E-state index contributed by atoms with van der Waals surface area (Å²) in [6.45, 7) is 5.41. The molecule has 1 atom stereocenters. The molecule has 1 aromatic carbocycles. The van der Waals surface area contributed by atoms with Crippen molar-refractivity contribution < 1.29 is 27.1 Å². The standard InChI is InChI=1S/C16H20F4N2O2/c1-11(5-6-22-7-9-24-10-8-22)21-15(23)12-3-2-4-13(14(12)17)16(18,19)20/h2-4,11H,5-10H2,1H3,(H,21,23)/t11-/m0/s1. The lowest BCUT2D eigenvalue weighted by molar-refractivity contribution is -0.140. The van der Waals surface area contributed by atoms with Gasteiger partial charge in [-0.1, -0.05) is 6.07 Å². The molecule has 1 N–H and O–H groups in total. The first-order valence-corrected chi connectivity index (χ1v) is 7.75. The van der Waals surface area contributed by atoms with Gasteiger partial charge < -0.3 is 10.1 Å². The molecule has 134 valence electrons. The highest BCUT2D eigenvalue weighted by molar-refractivity contribution is 5.94. The molecule has 1 saturated heterocycles. The molecule has 0 aliphatic carbocycles. The number of morpholine rings is 1. The zero-order valence-electron chi connectivity index (χ0n) is 13.3. The molecule has 0 saturated carbocycles. The van der Waals surface area contributed by atoms with E-state index in [-0.39, 0.29) is 6.04 Å². The van der Waals surface area contributed by atoms with E-state index in [2.05, 4.69) is 10.2 Å². The number of amides is 1. The zero-order chi connectivity index (χ0) is 17.7. The Morgan fingerprint density at radius 3 is 2.62 bits per heavy atom. The molecular formula is C16H20F4N2O2. The van der Waals surface area contributed by atoms with Crippen LogP contribution in [0.2, 0.25) is 0 Å². The lowest BCUT2D eigenvalue weighted by Gasteiger charge is -2.27. The second-order valence-corrected chi connectivity index (χ2v) is 5.78. The minimum atomic E-state index is -4.83. The van der Waals surface area contributed by atoms with Crippen molar-refractivity contribution in [1.29, 1.82) is 0 Å². The Morgan fingerprint density at radius 1 is 1.33 bits per heavy atom. The van der Waals surface area contributed by atoms with Gasteiger partial charge in [0, 0.05) is 25.7 Å². The highest BCUT2D eigenvalue weighted by atomic mass is 19.4. The number of rotatable bonds is 5. The number of benzene rings is 1. The van der Waals surface area contributed by atoms with E-state index in [9.17, 15) is 22.4 Å². The molecule has 0 radical (unpaired) electrons. The summed E-state index contributed by atoms with van der Waals surface area (Å²) in [5, 5.41) is 2.55. The second kappa shape index (κ2) is 7.94. The van der Waals surface area contributed by atoms with Crippen LogP contribution >= 0.6 is 0 Å². The third-order valence-corrected chi connectivity index (χ3v) is 3.91. The van der Waals surface area contributed by atoms with Gasteiger partial charge in [0.25, 0.3) is 5.91 Å². The van der Waals surface area contributed by atoms with Crippen molar-refractivity contribution in [1.82, 2.24) is 10.2 Å². The zero-order valence-corrected chi connectivity index (χ0v) is 13.3. The molecule has 1 amide bonds. The summed E-state index contributed by atoms with van der Waals surface area (Å²) in [7, 11) is 0. The number of alkyl halides is 3. The molecular weight excluding hydrogens is 328 g/mol. The monoisotopic (exact) mass is 348 g/mol. The van der Waals surface area contributed by atoms with Crippen LogP contribution in [-0.2, 0) is 10.9 Å². The highest BCUT2D eigenvalue weighted by Gasteiger charge is 2.35. The number of halogens is 4. The molecule has 0 aromatic heterocycles. The van der Waals surface area contributed by atoms with Gasteiger partial charge in [0.2, 0.25) is 0 Å². The average molecular weight is 348 g/mol. The SMILES string of the molecule is C[C@@H](CCN1CCOCC1)NC(=O)c1cccc(C(F)(F)F)c1F. The molecule has 8 heteroatoms. The largest absolute Gasteiger partial charge is 0.419 e. The average Bonchev–Trinajstić information content (AvgIpc) is 2.53. The van der Waals surface area contributed by atoms with Crippen molar-refractivity contribution >= 4 is 5.91 Å². The number of hydrogen-bond acceptors (Lipinski definition) is 3. The van der Waals surface area contributed by atoms with Crippen LogP contribution in [-0.4, -0.2) is 49.7 Å². The first-order chi connectivity index (χ1) is 11.3. The van der Waals surface area contributed by atoms with Gasteiger partial charge in [-0.2, -0.15) is 13.2 Å². The van der Waals surface area contributed by atoms with E-state index >= 15 is 0 Å². The maximum absolute atomic E-state index is 13.9. The van der Waals surface area contributed by atoms with E-state index < -0.39 is 29.0 Å². The first kappa shape index (κ1) is 18.7. The Morgan fingerprint density at radius 2 is 2.00 bits per heavy atom. The molecule has 24 heavy (non-hydrogen) atoms. The molecule has 1 aromatic rings. The quantitative estimate of drug-likeness (QED) is 0.832. The van der Waals surface area contributed by atoms with Gasteiger partial charge in [-0.3, -0.25) is 9.69 Å². The Hall–Kier alpha value is -1.67. The maximum Gasteiger partial charge on any atom is 0.419 e. The van der Waals surface area contributed by atoms with E-state index in [0.717, 1.165) is 31.8 Å². The summed E-state index contributed by atoms with van der Waals surface area (Å²) in [5.41, 5.74) is -2.03. The Balaban J connectivity index is 1.94. The summed E-state index contributed by atoms with van der Waals surface area (Å²) < 4.78 is 57.3. The van der Waals surface area contributed by atoms with Crippen molar-refractivity contribution in [3.63, 3.8) is 0 Å². The fraction of sp³-hybridized carbons (Fsp3) is 0.562. The number of nitrogens with zero attached hydrogens (tertiary/aromatic N) is 1. The number of hydrogen-bond donors (Lipinski definition) is 1. The van der Waals surface area contributed by atoms with Crippen LogP contribution in [0, 0.1) is 5.82 Å². The fourth-order valence-electron chi connectivity index (χ4n) is 2.50. The van der Waals surface area contributed by atoms with Crippen LogP contribution in [0.1, 0.15) is 29.3 Å². The van der Waals surface area contributed by atoms with Gasteiger partial charge in [-0.05, 0) is 25.5 Å². The van der Waals surface area contributed by atoms with E-state index in [1.807, 2.05) is 0 Å². The summed E-state index contributed by atoms with van der Waals surface area (Å²) >= 11 is 0. The van der Waals surface area contributed by atoms with Crippen molar-refractivity contribution in [2.24, 2.45) is 0 Å². The van der Waals surface area contributed by atoms with Crippen molar-refractivity contribution in [2.75, 3.05) is 32.8 Å². The number of carbonyl (C=O) groups excluding carboxylic acids is 1. The predicted molar refractivity (Wildman–Crippen MR) is 80.2 cm³/mol. The second-order valence-electron chi connectivity index (χ2n) is 5.78. The molecule has 1 fully saturated rings. The smallest absolute Gasteiger partial charge is 0.379 e. The van der Waals surface area contributed by atoms with Crippen molar-refractivity contribution in [3.8, 4) is 0 Å². The van der Waals surface area contributed by atoms with Crippen LogP contribution in [0.4, 0.5) is 17.6 Å². The van der Waals surface area contributed by atoms with Crippen molar-refractivity contribution in [3.05, 3.63) is 35.1 Å². The van der Waals surface area contributed by atoms with Gasteiger partial charge in [0.05, 0.1) is 24.3 Å². The topological polar surface area (TPSA) is 41.6 Å². The third kappa shape index (κ3) is 4.91. The summed E-state index contributed by atoms with van der Waals surface area (Å²) in [4.78, 5) is 14.2. The molecule has 4 nitrogen and oxygen atoms in total. The van der Waals surface area contributed by atoms with E-state index in [1.54, 1.807) is 6.92 Å². The van der Waals surface area contributed by atoms with E-state index in [4.69, 9.17) is 4.74 Å². The van der Waals surface area contributed by atoms with Crippen LogP contribution in [0.25, 0.3) is 0 Å². The normalized spacial score (nSPS) is 17.5. The van der Waals surface area contributed by atoms with Gasteiger partial charge in [-0.15, -0.1) is 0 Å². The number of nitrogens with one attached hydrogen (secondary N) is 1. The van der Waals surface area contributed by atoms with Crippen LogP contribution < -0.4 is 5.32 Å². The molecule has 0 spiro atoms. The molecule has 1 aliphatic heterocycles. The minimum Gasteiger partial charge on any atom is -0.379 e. The molecule has 0 bridgehead atoms. The summed E-state index contributed by atoms with van der Waals surface area (Å²) in [6, 6.07) is 2.41. The minimum absolute atomic E-state index is 0.283. The van der Waals surface area contributed by atoms with Crippen LogP contribution in [0.3, 0.4) is 0 Å². The van der Waals surface area contributed by atoms with Crippen LogP contribution in [0.5, 0.6) is 0 Å². The first-order valence-electron chi connectivity index (χ1n) is 7.75. The molecule has 0 unspecified atom stereocenters. The highest BCUT2D eigenvalue weighted by Crippen LogP contribution is 2.32. The lowest BCUT2D eigenvalue weighted by atomic mass is 10.1. The van der Waals surface area contributed by atoms with E-state index in [0.29, 0.717) is 25.7 Å². The molecule has 1 aliphatic rings. The third-order valence-electron chi connectivity index (χ3n) is 3.91. The Labute approximate surface area is 137 Å². The summed E-state index contributed by atoms with van der Waals surface area (Å²) in [6.07, 6.45) is -4.21. The summed E-state index contributed by atoms with van der Waals surface area (Å²) in [5.74, 6) is -2.38. The molecule has 2 rings (SSSR count). The van der Waals surface area contributed by atoms with Gasteiger partial charge >= 0.3 is 6.18 Å². The fourth-order valence-corrected chi connectivity index (χ4v) is 2.50. The Bertz CT molecular complexity index is 572. The van der Waals surface area contributed by atoms with Crippen molar-refractivity contribution in [2.45, 2.75) is 25.6 Å². The number of carbonyl (C=O) groups is 1. The van der Waals surface area contributed by atoms with Gasteiger partial charge in [0.1, 0.15) is 5.82 Å². The predicted octanol–water partition coefficient (Wildman–Crippen LogP) is 2.69.